The predicted octanol–water partition coefficient (Wildman–Crippen LogP) is 2.81. The van der Waals surface area contributed by atoms with E-state index in [1.807, 2.05) is 26.0 Å². The average molecular weight is 277 g/mol. The fourth-order valence-corrected chi connectivity index (χ4v) is 1.92. The van der Waals surface area contributed by atoms with Crippen molar-refractivity contribution in [2.24, 2.45) is 4.99 Å². The summed E-state index contributed by atoms with van der Waals surface area (Å²) in [4.78, 5) is 4.16. The number of benzene rings is 1. The predicted molar refractivity (Wildman–Crippen MR) is 83.6 cm³/mol. The highest BCUT2D eigenvalue weighted by Gasteiger charge is 2.01. The van der Waals surface area contributed by atoms with Crippen molar-refractivity contribution < 1.29 is 4.39 Å². The van der Waals surface area contributed by atoms with Crippen LogP contribution in [0, 0.1) is 12.7 Å². The molecule has 0 fully saturated rings. The van der Waals surface area contributed by atoms with Crippen molar-refractivity contribution in [2.75, 3.05) is 20.1 Å². The number of nitrogens with one attached hydrogen (secondary N) is 2. The van der Waals surface area contributed by atoms with Gasteiger partial charge in [0.25, 0.3) is 0 Å². The maximum absolute atomic E-state index is 13.0. The highest BCUT2D eigenvalue weighted by molar-refractivity contribution is 5.79. The van der Waals surface area contributed by atoms with Crippen molar-refractivity contribution in [3.8, 4) is 0 Å². The Morgan fingerprint density at radius 2 is 2.05 bits per heavy atom. The standard InChI is InChI=1S/C16H24FN3/c1-4-5-6-10-19-16(18-3)20-11-9-14-7-8-15(17)12-13(14)2/h4-5,7-8,12H,6,9-11H2,1-3H3,(H2,18,19,20)/b5-4+. The second-order valence-corrected chi connectivity index (χ2v) is 4.60. The van der Waals surface area contributed by atoms with Crippen LogP contribution in [0.2, 0.25) is 0 Å². The van der Waals surface area contributed by atoms with Crippen molar-refractivity contribution in [3.05, 3.63) is 47.3 Å². The summed E-state index contributed by atoms with van der Waals surface area (Å²) in [5.41, 5.74) is 2.14. The quantitative estimate of drug-likeness (QED) is 0.363. The van der Waals surface area contributed by atoms with Crippen molar-refractivity contribution in [3.63, 3.8) is 0 Å². The lowest BCUT2D eigenvalue weighted by Gasteiger charge is -2.12. The minimum Gasteiger partial charge on any atom is -0.356 e. The normalized spacial score (nSPS) is 11.9. The summed E-state index contributed by atoms with van der Waals surface area (Å²) >= 11 is 0. The summed E-state index contributed by atoms with van der Waals surface area (Å²) in [6, 6.07) is 4.92. The van der Waals surface area contributed by atoms with E-state index < -0.39 is 0 Å². The number of nitrogens with zero attached hydrogens (tertiary/aromatic N) is 1. The smallest absolute Gasteiger partial charge is 0.190 e. The number of hydrogen-bond donors (Lipinski definition) is 2. The van der Waals surface area contributed by atoms with Crippen LogP contribution in [-0.2, 0) is 6.42 Å². The summed E-state index contributed by atoms with van der Waals surface area (Å²) < 4.78 is 13.0. The minimum absolute atomic E-state index is 0.180. The molecule has 0 amide bonds. The maximum Gasteiger partial charge on any atom is 0.190 e. The van der Waals surface area contributed by atoms with E-state index in [2.05, 4.69) is 21.7 Å². The summed E-state index contributed by atoms with van der Waals surface area (Å²) in [5, 5.41) is 6.50. The molecule has 0 unspecified atom stereocenters. The number of halogens is 1. The van der Waals surface area contributed by atoms with Crippen LogP contribution in [0.3, 0.4) is 0 Å². The lowest BCUT2D eigenvalue weighted by Crippen LogP contribution is -2.38. The highest BCUT2D eigenvalue weighted by atomic mass is 19.1. The van der Waals surface area contributed by atoms with Crippen LogP contribution in [0.1, 0.15) is 24.5 Å². The Labute approximate surface area is 121 Å². The average Bonchev–Trinajstić information content (AvgIpc) is 2.43. The molecule has 1 rings (SSSR count). The third-order valence-corrected chi connectivity index (χ3v) is 3.05. The van der Waals surface area contributed by atoms with Gasteiger partial charge in [0.1, 0.15) is 5.82 Å². The first-order valence-electron chi connectivity index (χ1n) is 6.98. The van der Waals surface area contributed by atoms with Crippen LogP contribution >= 0.6 is 0 Å². The van der Waals surface area contributed by atoms with E-state index >= 15 is 0 Å². The fourth-order valence-electron chi connectivity index (χ4n) is 1.92. The molecule has 0 radical (unpaired) electrons. The molecule has 0 aliphatic rings. The molecule has 0 saturated heterocycles. The first-order chi connectivity index (χ1) is 9.67. The van der Waals surface area contributed by atoms with Crippen molar-refractivity contribution >= 4 is 5.96 Å². The van der Waals surface area contributed by atoms with Gasteiger partial charge in [-0.15, -0.1) is 0 Å². The molecule has 1 aromatic rings. The van der Waals surface area contributed by atoms with Gasteiger partial charge in [-0.1, -0.05) is 18.2 Å². The molecule has 0 aliphatic heterocycles. The van der Waals surface area contributed by atoms with Crippen molar-refractivity contribution in [1.82, 2.24) is 10.6 Å². The topological polar surface area (TPSA) is 36.4 Å². The van der Waals surface area contributed by atoms with E-state index in [4.69, 9.17) is 0 Å². The van der Waals surface area contributed by atoms with E-state index in [-0.39, 0.29) is 5.82 Å². The van der Waals surface area contributed by atoms with E-state index in [0.717, 1.165) is 43.0 Å². The number of allylic oxidation sites excluding steroid dienone is 1. The van der Waals surface area contributed by atoms with Gasteiger partial charge in [0.15, 0.2) is 5.96 Å². The summed E-state index contributed by atoms with van der Waals surface area (Å²) in [6.45, 7) is 5.58. The monoisotopic (exact) mass is 277 g/mol. The minimum atomic E-state index is -0.180. The van der Waals surface area contributed by atoms with Crippen LogP contribution in [0.15, 0.2) is 35.3 Å². The Morgan fingerprint density at radius 1 is 1.30 bits per heavy atom. The molecular formula is C16H24FN3. The summed E-state index contributed by atoms with van der Waals surface area (Å²) in [5.74, 6) is 0.620. The maximum atomic E-state index is 13.0. The van der Waals surface area contributed by atoms with Crippen molar-refractivity contribution in [2.45, 2.75) is 26.7 Å². The molecule has 0 saturated carbocycles. The second kappa shape index (κ2) is 9.13. The van der Waals surface area contributed by atoms with E-state index in [9.17, 15) is 4.39 Å². The molecule has 20 heavy (non-hydrogen) atoms. The first kappa shape index (κ1) is 16.2. The molecule has 3 nitrogen and oxygen atoms in total. The van der Waals surface area contributed by atoms with E-state index in [1.165, 1.54) is 6.07 Å². The number of aryl methyl sites for hydroxylation is 1. The van der Waals surface area contributed by atoms with Gasteiger partial charge in [0.2, 0.25) is 0 Å². The van der Waals surface area contributed by atoms with Gasteiger partial charge in [-0.25, -0.2) is 4.39 Å². The van der Waals surface area contributed by atoms with Gasteiger partial charge in [0.05, 0.1) is 0 Å². The second-order valence-electron chi connectivity index (χ2n) is 4.60. The van der Waals surface area contributed by atoms with Gasteiger partial charge in [-0.05, 0) is 49.9 Å². The fraction of sp³-hybridized carbons (Fsp3) is 0.438. The van der Waals surface area contributed by atoms with Gasteiger partial charge < -0.3 is 10.6 Å². The van der Waals surface area contributed by atoms with Crippen LogP contribution in [-0.4, -0.2) is 26.1 Å². The van der Waals surface area contributed by atoms with Gasteiger partial charge in [0, 0.05) is 20.1 Å². The van der Waals surface area contributed by atoms with E-state index in [1.54, 1.807) is 13.1 Å². The van der Waals surface area contributed by atoms with Crippen LogP contribution < -0.4 is 10.6 Å². The molecule has 0 atom stereocenters. The molecule has 110 valence electrons. The Bertz CT molecular complexity index is 467. The third kappa shape index (κ3) is 5.87. The lowest BCUT2D eigenvalue weighted by atomic mass is 10.1. The van der Waals surface area contributed by atoms with Crippen LogP contribution in [0.4, 0.5) is 4.39 Å². The molecule has 0 heterocycles. The Balaban J connectivity index is 2.34. The molecule has 0 aliphatic carbocycles. The van der Waals surface area contributed by atoms with Gasteiger partial charge >= 0.3 is 0 Å². The van der Waals surface area contributed by atoms with Crippen molar-refractivity contribution in [1.29, 1.82) is 0 Å². The number of guanidine groups is 1. The highest BCUT2D eigenvalue weighted by Crippen LogP contribution is 2.10. The Hall–Kier alpha value is -1.84. The zero-order valence-electron chi connectivity index (χ0n) is 12.5. The Kier molecular flexibility index (Phi) is 7.40. The molecule has 0 spiro atoms. The molecular weight excluding hydrogens is 253 g/mol. The molecule has 0 aromatic heterocycles. The van der Waals surface area contributed by atoms with E-state index in [0.29, 0.717) is 0 Å². The zero-order chi connectivity index (χ0) is 14.8. The molecule has 2 N–H and O–H groups in total. The van der Waals surface area contributed by atoms with Crippen LogP contribution in [0.5, 0.6) is 0 Å². The van der Waals surface area contributed by atoms with Gasteiger partial charge in [-0.3, -0.25) is 4.99 Å². The third-order valence-electron chi connectivity index (χ3n) is 3.05. The summed E-state index contributed by atoms with van der Waals surface area (Å²) in [7, 11) is 1.76. The largest absolute Gasteiger partial charge is 0.356 e. The zero-order valence-corrected chi connectivity index (χ0v) is 12.5. The molecule has 1 aromatic carbocycles. The van der Waals surface area contributed by atoms with Gasteiger partial charge in [-0.2, -0.15) is 0 Å². The summed E-state index contributed by atoms with van der Waals surface area (Å²) in [6.07, 6.45) is 5.98. The SMILES string of the molecule is C/C=C/CCNC(=NC)NCCc1ccc(F)cc1C. The van der Waals surface area contributed by atoms with Crippen LogP contribution in [0.25, 0.3) is 0 Å². The molecule has 4 heteroatoms. The number of rotatable bonds is 6. The lowest BCUT2D eigenvalue weighted by molar-refractivity contribution is 0.625. The number of hydrogen-bond acceptors (Lipinski definition) is 1. The Morgan fingerprint density at radius 3 is 2.70 bits per heavy atom. The first-order valence-corrected chi connectivity index (χ1v) is 6.98. The molecule has 0 bridgehead atoms. The number of aliphatic imine (C=N–C) groups is 1.